The van der Waals surface area contributed by atoms with Crippen LogP contribution in [-0.2, 0) is 17.8 Å². The summed E-state index contributed by atoms with van der Waals surface area (Å²) in [7, 11) is 0. The van der Waals surface area contributed by atoms with E-state index in [1.54, 1.807) is 6.07 Å². The van der Waals surface area contributed by atoms with Crippen molar-refractivity contribution in [3.05, 3.63) is 47.7 Å². The van der Waals surface area contributed by atoms with Gasteiger partial charge in [-0.2, -0.15) is 23.4 Å². The van der Waals surface area contributed by atoms with Crippen molar-refractivity contribution in [2.45, 2.75) is 69.6 Å². The maximum atomic E-state index is 13.9. The number of alkyl halides is 7. The van der Waals surface area contributed by atoms with Crippen LogP contribution in [0.4, 0.5) is 30.7 Å². The highest BCUT2D eigenvalue weighted by Crippen LogP contribution is 2.41. The minimum Gasteiger partial charge on any atom is -0.355 e. The number of rotatable bonds is 8. The van der Waals surface area contributed by atoms with Crippen molar-refractivity contribution in [2.75, 3.05) is 6.54 Å². The highest BCUT2D eigenvalue weighted by molar-refractivity contribution is 5.92. The second-order valence-corrected chi connectivity index (χ2v) is 10.8. The molecule has 2 amide bonds. The molecule has 16 heteroatoms. The van der Waals surface area contributed by atoms with Crippen LogP contribution in [0, 0.1) is 17.8 Å². The highest BCUT2D eigenvalue weighted by Gasteiger charge is 2.45. The SMILES string of the molecule is O=C(N[C@H](c1cn2nc(CC3C[C@@H](C(F)(F)F)CNC3=O)ccc2n1)C1CCC(F)(F)CC1)c1ccnn1CC(F)F. The lowest BCUT2D eigenvalue weighted by molar-refractivity contribution is -0.183. The van der Waals surface area contributed by atoms with Crippen molar-refractivity contribution in [1.82, 2.24) is 35.0 Å². The van der Waals surface area contributed by atoms with Gasteiger partial charge in [0.1, 0.15) is 12.2 Å². The fraction of sp³-hybridized carbons (Fsp3) is 0.577. The van der Waals surface area contributed by atoms with Crippen LogP contribution in [0.25, 0.3) is 5.65 Å². The number of fused-ring (bicyclic) bond motifs is 1. The van der Waals surface area contributed by atoms with Gasteiger partial charge in [0.25, 0.3) is 12.3 Å². The summed E-state index contributed by atoms with van der Waals surface area (Å²) >= 11 is 0. The zero-order valence-corrected chi connectivity index (χ0v) is 22.1. The molecule has 1 saturated carbocycles. The van der Waals surface area contributed by atoms with Gasteiger partial charge >= 0.3 is 6.18 Å². The largest absolute Gasteiger partial charge is 0.393 e. The molecule has 42 heavy (non-hydrogen) atoms. The van der Waals surface area contributed by atoms with Gasteiger partial charge in [-0.25, -0.2) is 27.1 Å². The monoisotopic (exact) mass is 603 g/mol. The molecule has 2 aliphatic rings. The zero-order valence-electron chi connectivity index (χ0n) is 22.1. The van der Waals surface area contributed by atoms with Crippen LogP contribution >= 0.6 is 0 Å². The van der Waals surface area contributed by atoms with E-state index < -0.39 is 80.1 Å². The van der Waals surface area contributed by atoms with Gasteiger partial charge in [0.2, 0.25) is 11.8 Å². The van der Waals surface area contributed by atoms with Gasteiger partial charge < -0.3 is 10.6 Å². The smallest absolute Gasteiger partial charge is 0.355 e. The van der Waals surface area contributed by atoms with Crippen molar-refractivity contribution in [1.29, 1.82) is 0 Å². The first kappa shape index (κ1) is 29.8. The molecule has 1 saturated heterocycles. The zero-order chi connectivity index (χ0) is 30.2. The van der Waals surface area contributed by atoms with Crippen LogP contribution in [-0.4, -0.2) is 61.3 Å². The molecule has 0 radical (unpaired) electrons. The number of carbonyl (C=O) groups excluding carboxylic acids is 2. The van der Waals surface area contributed by atoms with E-state index in [1.165, 1.54) is 29.0 Å². The number of amides is 2. The standard InChI is InChI=1S/C26H28F7N7O2/c27-20(28)13-39-19(5-8-35-39)24(42)37-22(14-3-6-25(29,30)7-4-14)18-12-40-21(36-18)2-1-17(38-40)10-15-9-16(26(31,32)33)11-34-23(15)41/h1-2,5,8,12,14-16,20,22H,3-4,6-7,9-11,13H2,(H,34,41)(H,37,42)/t15?,16-,22+/m1/s1. The number of nitrogens with zero attached hydrogens (tertiary/aromatic N) is 5. The van der Waals surface area contributed by atoms with Crippen molar-refractivity contribution in [3.8, 4) is 0 Å². The number of nitrogens with one attached hydrogen (secondary N) is 2. The van der Waals surface area contributed by atoms with Crippen LogP contribution in [0.5, 0.6) is 0 Å². The Kier molecular flexibility index (Phi) is 8.16. The van der Waals surface area contributed by atoms with Gasteiger partial charge in [-0.1, -0.05) is 0 Å². The predicted octanol–water partition coefficient (Wildman–Crippen LogP) is 4.34. The van der Waals surface area contributed by atoms with Crippen LogP contribution in [0.2, 0.25) is 0 Å². The summed E-state index contributed by atoms with van der Waals surface area (Å²) in [6, 6.07) is 3.49. The van der Waals surface area contributed by atoms with Crippen LogP contribution in [0.3, 0.4) is 0 Å². The van der Waals surface area contributed by atoms with Gasteiger partial charge in [0.15, 0.2) is 5.65 Å². The van der Waals surface area contributed by atoms with E-state index in [1.807, 2.05) is 0 Å². The van der Waals surface area contributed by atoms with E-state index in [2.05, 4.69) is 25.8 Å². The highest BCUT2D eigenvalue weighted by atomic mass is 19.4. The molecular formula is C26H28F7N7O2. The maximum Gasteiger partial charge on any atom is 0.393 e. The van der Waals surface area contributed by atoms with Gasteiger partial charge in [-0.15, -0.1) is 0 Å². The van der Waals surface area contributed by atoms with Crippen molar-refractivity contribution in [3.63, 3.8) is 0 Å². The quantitative estimate of drug-likeness (QED) is 0.373. The summed E-state index contributed by atoms with van der Waals surface area (Å²) in [5, 5.41) is 13.2. The number of hydrogen-bond acceptors (Lipinski definition) is 5. The molecule has 9 nitrogen and oxygen atoms in total. The minimum absolute atomic E-state index is 0.0478. The molecule has 3 atom stereocenters. The third-order valence-corrected chi connectivity index (χ3v) is 7.87. The molecule has 1 aliphatic carbocycles. The lowest BCUT2D eigenvalue weighted by Gasteiger charge is -2.33. The van der Waals surface area contributed by atoms with Crippen molar-refractivity contribution >= 4 is 17.5 Å². The van der Waals surface area contributed by atoms with Crippen LogP contribution in [0.15, 0.2) is 30.6 Å². The summed E-state index contributed by atoms with van der Waals surface area (Å²) in [5.41, 5.74) is 0.811. The van der Waals surface area contributed by atoms with Gasteiger partial charge in [-0.3, -0.25) is 14.3 Å². The van der Waals surface area contributed by atoms with Gasteiger partial charge in [0.05, 0.1) is 29.5 Å². The Balaban J connectivity index is 1.39. The number of aromatic nitrogens is 5. The topological polar surface area (TPSA) is 106 Å². The number of carbonyl (C=O) groups is 2. The van der Waals surface area contributed by atoms with E-state index in [-0.39, 0.29) is 37.1 Å². The molecule has 3 aromatic rings. The average molecular weight is 604 g/mol. The number of imidazole rings is 1. The molecule has 3 aromatic heterocycles. The Morgan fingerprint density at radius 2 is 1.90 bits per heavy atom. The van der Waals surface area contributed by atoms with E-state index in [4.69, 9.17) is 0 Å². The average Bonchev–Trinajstić information content (AvgIpc) is 3.54. The minimum atomic E-state index is -4.44. The molecule has 5 rings (SSSR count). The maximum absolute atomic E-state index is 13.9. The number of halogens is 7. The lowest BCUT2D eigenvalue weighted by Crippen LogP contribution is -2.47. The van der Waals surface area contributed by atoms with E-state index in [0.29, 0.717) is 11.3 Å². The molecule has 2 N–H and O–H groups in total. The third-order valence-electron chi connectivity index (χ3n) is 7.87. The fourth-order valence-electron chi connectivity index (χ4n) is 5.62. The molecule has 1 unspecified atom stereocenters. The van der Waals surface area contributed by atoms with E-state index >= 15 is 0 Å². The summed E-state index contributed by atoms with van der Waals surface area (Å²) in [6.45, 7) is -1.28. The summed E-state index contributed by atoms with van der Waals surface area (Å²) < 4.78 is 95.7. The predicted molar refractivity (Wildman–Crippen MR) is 133 cm³/mol. The molecule has 0 bridgehead atoms. The first-order valence-electron chi connectivity index (χ1n) is 13.5. The Hall–Kier alpha value is -3.72. The Labute approximate surface area is 234 Å². The summed E-state index contributed by atoms with van der Waals surface area (Å²) in [6.07, 6.45) is -5.60. The summed E-state index contributed by atoms with van der Waals surface area (Å²) in [5.74, 6) is -7.11. The van der Waals surface area contributed by atoms with E-state index in [0.717, 1.165) is 4.68 Å². The van der Waals surface area contributed by atoms with Crippen molar-refractivity contribution < 1.29 is 40.3 Å². The lowest BCUT2D eigenvalue weighted by atomic mass is 9.81. The second kappa shape index (κ2) is 11.5. The normalized spacial score (nSPS) is 22.3. The molecule has 4 heterocycles. The summed E-state index contributed by atoms with van der Waals surface area (Å²) in [4.78, 5) is 29.9. The Morgan fingerprint density at radius 3 is 2.60 bits per heavy atom. The number of piperidine rings is 1. The molecule has 228 valence electrons. The first-order valence-corrected chi connectivity index (χ1v) is 13.5. The molecule has 2 fully saturated rings. The van der Waals surface area contributed by atoms with Crippen molar-refractivity contribution in [2.24, 2.45) is 17.8 Å². The van der Waals surface area contributed by atoms with Gasteiger partial charge in [0, 0.05) is 37.9 Å². The van der Waals surface area contributed by atoms with Gasteiger partial charge in [-0.05, 0) is 43.4 Å². The molecule has 0 aromatic carbocycles. The molecule has 1 aliphatic heterocycles. The Bertz CT molecular complexity index is 1430. The van der Waals surface area contributed by atoms with Crippen LogP contribution in [0.1, 0.15) is 60.0 Å². The Morgan fingerprint density at radius 1 is 1.17 bits per heavy atom. The third kappa shape index (κ3) is 6.67. The molecule has 0 spiro atoms. The fourth-order valence-corrected chi connectivity index (χ4v) is 5.62. The first-order chi connectivity index (χ1) is 19.8. The second-order valence-electron chi connectivity index (χ2n) is 10.8. The number of hydrogen-bond donors (Lipinski definition) is 2. The molecular weight excluding hydrogens is 575 g/mol. The van der Waals surface area contributed by atoms with Crippen LogP contribution < -0.4 is 10.6 Å². The van der Waals surface area contributed by atoms with E-state index in [9.17, 15) is 40.3 Å².